The quantitative estimate of drug-likeness (QED) is 0.695. The number of benzene rings is 1. The van der Waals surface area contributed by atoms with Crippen LogP contribution in [0.4, 0.5) is 5.82 Å². The maximum atomic E-state index is 12.1. The van der Waals surface area contributed by atoms with Crippen molar-refractivity contribution in [3.63, 3.8) is 0 Å². The highest BCUT2D eigenvalue weighted by atomic mass is 79.9. The highest BCUT2D eigenvalue weighted by Crippen LogP contribution is 2.17. The summed E-state index contributed by atoms with van der Waals surface area (Å²) in [7, 11) is 0. The van der Waals surface area contributed by atoms with Crippen LogP contribution >= 0.6 is 15.9 Å². The molecule has 0 atom stereocenters. The number of fused-ring (bicyclic) bond motifs is 1. The van der Waals surface area contributed by atoms with Crippen LogP contribution in [0.3, 0.4) is 0 Å². The molecule has 0 aliphatic carbocycles. The lowest BCUT2D eigenvalue weighted by molar-refractivity contribution is 0.250. The average molecular weight is 416 g/mol. The number of imidazole rings is 1. The summed E-state index contributed by atoms with van der Waals surface area (Å²) in [5.41, 5.74) is 1.88. The third-order valence-electron chi connectivity index (χ3n) is 4.95. The normalized spacial score (nSPS) is 15.7. The Morgan fingerprint density at radius 3 is 2.62 bits per heavy atom. The van der Waals surface area contributed by atoms with E-state index in [0.717, 1.165) is 67.0 Å². The second kappa shape index (κ2) is 7.63. The summed E-state index contributed by atoms with van der Waals surface area (Å²) >= 11 is 3.43. The molecule has 0 spiro atoms. The van der Waals surface area contributed by atoms with Crippen LogP contribution in [0.15, 0.2) is 51.9 Å². The number of anilines is 1. The molecule has 0 amide bonds. The van der Waals surface area contributed by atoms with Gasteiger partial charge in [0.15, 0.2) is 0 Å². The topological polar surface area (TPSA) is 57.2 Å². The molecule has 7 heteroatoms. The van der Waals surface area contributed by atoms with Gasteiger partial charge in [0.2, 0.25) is 0 Å². The van der Waals surface area contributed by atoms with Crippen LogP contribution in [0.2, 0.25) is 0 Å². The number of hydrogen-bond donors (Lipinski definition) is 1. The molecular formula is C19H22BrN5O. The van der Waals surface area contributed by atoms with E-state index in [1.807, 2.05) is 41.1 Å². The minimum atomic E-state index is -0.0164. The lowest BCUT2D eigenvalue weighted by atomic mass is 10.2. The zero-order chi connectivity index (χ0) is 17.9. The Morgan fingerprint density at radius 2 is 1.85 bits per heavy atom. The molecule has 3 aromatic rings. The molecule has 1 aliphatic rings. The Bertz CT molecular complexity index is 925. The first kappa shape index (κ1) is 17.3. The molecule has 0 radical (unpaired) electrons. The van der Waals surface area contributed by atoms with Gasteiger partial charge in [-0.1, -0.05) is 12.1 Å². The Hall–Kier alpha value is -2.12. The van der Waals surface area contributed by atoms with E-state index in [9.17, 15) is 4.79 Å². The zero-order valence-corrected chi connectivity index (χ0v) is 16.2. The molecule has 26 heavy (non-hydrogen) atoms. The minimum Gasteiger partial charge on any atom is -0.354 e. The van der Waals surface area contributed by atoms with Crippen LogP contribution in [0.25, 0.3) is 11.0 Å². The third kappa shape index (κ3) is 3.68. The van der Waals surface area contributed by atoms with Gasteiger partial charge in [-0.3, -0.25) is 9.47 Å². The first-order chi connectivity index (χ1) is 12.7. The molecule has 0 unspecified atom stereocenters. The molecule has 6 nitrogen and oxygen atoms in total. The number of nitrogens with zero attached hydrogens (tertiary/aromatic N) is 4. The van der Waals surface area contributed by atoms with Gasteiger partial charge < -0.3 is 9.88 Å². The van der Waals surface area contributed by atoms with Crippen molar-refractivity contribution < 1.29 is 0 Å². The van der Waals surface area contributed by atoms with Crippen molar-refractivity contribution in [2.75, 3.05) is 37.6 Å². The lowest BCUT2D eigenvalue weighted by Gasteiger charge is -2.35. The molecule has 1 aromatic carbocycles. The summed E-state index contributed by atoms with van der Waals surface area (Å²) < 4.78 is 2.85. The number of hydrogen-bond acceptors (Lipinski definition) is 4. The smallest absolute Gasteiger partial charge is 0.326 e. The van der Waals surface area contributed by atoms with Crippen molar-refractivity contribution in [3.05, 3.63) is 57.6 Å². The fourth-order valence-corrected chi connectivity index (χ4v) is 3.77. The Kier molecular flexibility index (Phi) is 5.08. The van der Waals surface area contributed by atoms with Crippen LogP contribution in [-0.2, 0) is 6.54 Å². The summed E-state index contributed by atoms with van der Waals surface area (Å²) in [6.07, 6.45) is 2.82. The van der Waals surface area contributed by atoms with Gasteiger partial charge in [-0.15, -0.1) is 0 Å². The largest absolute Gasteiger partial charge is 0.354 e. The number of pyridine rings is 1. The molecule has 1 fully saturated rings. The molecule has 2 aromatic heterocycles. The van der Waals surface area contributed by atoms with Crippen molar-refractivity contribution in [1.82, 2.24) is 19.4 Å². The average Bonchev–Trinajstić information content (AvgIpc) is 2.99. The zero-order valence-electron chi connectivity index (χ0n) is 14.6. The lowest BCUT2D eigenvalue weighted by Crippen LogP contribution is -2.47. The second-order valence-electron chi connectivity index (χ2n) is 6.62. The van der Waals surface area contributed by atoms with E-state index in [-0.39, 0.29) is 5.69 Å². The van der Waals surface area contributed by atoms with Gasteiger partial charge in [0.05, 0.1) is 11.0 Å². The fourth-order valence-electron chi connectivity index (χ4n) is 3.54. The van der Waals surface area contributed by atoms with E-state index < -0.39 is 0 Å². The van der Waals surface area contributed by atoms with Crippen molar-refractivity contribution in [2.45, 2.75) is 13.0 Å². The van der Waals surface area contributed by atoms with Crippen LogP contribution < -0.4 is 10.6 Å². The highest BCUT2D eigenvalue weighted by molar-refractivity contribution is 9.10. The Balaban J connectivity index is 1.29. The number of halogens is 1. The maximum absolute atomic E-state index is 12.1. The molecule has 1 saturated heterocycles. The maximum Gasteiger partial charge on any atom is 0.326 e. The van der Waals surface area contributed by atoms with Crippen molar-refractivity contribution >= 4 is 32.8 Å². The van der Waals surface area contributed by atoms with E-state index in [1.54, 1.807) is 0 Å². The third-order valence-corrected chi connectivity index (χ3v) is 5.41. The van der Waals surface area contributed by atoms with Gasteiger partial charge >= 0.3 is 5.69 Å². The highest BCUT2D eigenvalue weighted by Gasteiger charge is 2.17. The number of nitrogens with one attached hydrogen (secondary N) is 1. The second-order valence-corrected chi connectivity index (χ2v) is 7.53. The van der Waals surface area contributed by atoms with Gasteiger partial charge in [-0.25, -0.2) is 9.78 Å². The van der Waals surface area contributed by atoms with E-state index in [2.05, 4.69) is 41.8 Å². The van der Waals surface area contributed by atoms with Crippen LogP contribution in [0.5, 0.6) is 0 Å². The molecule has 0 bridgehead atoms. The van der Waals surface area contributed by atoms with Crippen LogP contribution in [0.1, 0.15) is 6.42 Å². The van der Waals surface area contributed by atoms with E-state index in [4.69, 9.17) is 0 Å². The Morgan fingerprint density at radius 1 is 1.04 bits per heavy atom. The van der Waals surface area contributed by atoms with Gasteiger partial charge in [0, 0.05) is 43.4 Å². The number of aromatic amines is 1. The SMILES string of the molecule is O=c1[nH]c2ccccc2n1CCCN1CCN(c2ccc(Br)cn2)CC1. The molecule has 0 saturated carbocycles. The number of H-pyrrole nitrogens is 1. The van der Waals surface area contributed by atoms with Crippen molar-refractivity contribution in [3.8, 4) is 0 Å². The monoisotopic (exact) mass is 415 g/mol. The molecule has 3 heterocycles. The number of aromatic nitrogens is 3. The summed E-state index contributed by atoms with van der Waals surface area (Å²) in [5, 5.41) is 0. The van der Waals surface area contributed by atoms with Gasteiger partial charge in [0.25, 0.3) is 0 Å². The predicted molar refractivity (Wildman–Crippen MR) is 108 cm³/mol. The predicted octanol–water partition coefficient (Wildman–Crippen LogP) is 2.70. The van der Waals surface area contributed by atoms with Crippen molar-refractivity contribution in [1.29, 1.82) is 0 Å². The number of para-hydroxylation sites is 2. The van der Waals surface area contributed by atoms with Gasteiger partial charge in [0.1, 0.15) is 5.82 Å². The molecule has 1 N–H and O–H groups in total. The van der Waals surface area contributed by atoms with E-state index in [0.29, 0.717) is 0 Å². The Labute approximate surface area is 160 Å². The van der Waals surface area contributed by atoms with Gasteiger partial charge in [-0.05, 0) is 53.2 Å². The first-order valence-corrected chi connectivity index (χ1v) is 9.76. The summed E-state index contributed by atoms with van der Waals surface area (Å²) in [6.45, 7) is 5.79. The van der Waals surface area contributed by atoms with Crippen LogP contribution in [-0.4, -0.2) is 52.2 Å². The summed E-state index contributed by atoms with van der Waals surface area (Å²) in [6, 6.07) is 12.0. The summed E-state index contributed by atoms with van der Waals surface area (Å²) in [5.74, 6) is 1.04. The fraction of sp³-hybridized carbons (Fsp3) is 0.368. The first-order valence-electron chi connectivity index (χ1n) is 8.97. The number of rotatable bonds is 5. The minimum absolute atomic E-state index is 0.0164. The molecule has 4 rings (SSSR count). The standard InChI is InChI=1S/C19H22BrN5O/c20-15-6-7-18(21-14-15)24-12-10-23(11-13-24)8-3-9-25-17-5-2-1-4-16(17)22-19(25)26/h1-2,4-7,14H,3,8-13H2,(H,22,26). The van der Waals surface area contributed by atoms with Gasteiger partial charge in [-0.2, -0.15) is 0 Å². The molecule has 1 aliphatic heterocycles. The van der Waals surface area contributed by atoms with E-state index in [1.165, 1.54) is 0 Å². The number of piperazine rings is 1. The van der Waals surface area contributed by atoms with Crippen molar-refractivity contribution in [2.24, 2.45) is 0 Å². The van der Waals surface area contributed by atoms with Crippen LogP contribution in [0, 0.1) is 0 Å². The molecule has 136 valence electrons. The number of aryl methyl sites for hydroxylation is 1. The van der Waals surface area contributed by atoms with E-state index >= 15 is 0 Å². The molecular weight excluding hydrogens is 394 g/mol. The summed E-state index contributed by atoms with van der Waals surface area (Å²) in [4.78, 5) is 24.3.